The highest BCUT2D eigenvalue weighted by molar-refractivity contribution is 5.89. The Balaban J connectivity index is 2.18. The standard InChI is InChI=1S/C9H11NO3/c1-2-8(11)5-7-12-9-4-3-6-13-10-9/h2-4,6,10H,1,5,7H2. The molecular weight excluding hydrogens is 170 g/mol. The first kappa shape index (κ1) is 9.38. The van der Waals surface area contributed by atoms with E-state index >= 15 is 0 Å². The van der Waals surface area contributed by atoms with E-state index in [1.807, 2.05) is 0 Å². The van der Waals surface area contributed by atoms with Gasteiger partial charge in [0.2, 0.25) is 5.88 Å². The predicted molar refractivity (Wildman–Crippen MR) is 47.2 cm³/mol. The average Bonchev–Trinajstić information content (AvgIpc) is 2.19. The third-order valence-electron chi connectivity index (χ3n) is 1.39. The van der Waals surface area contributed by atoms with Crippen LogP contribution in [-0.2, 0) is 14.4 Å². The lowest BCUT2D eigenvalue weighted by Gasteiger charge is -2.12. The van der Waals surface area contributed by atoms with Gasteiger partial charge in [0, 0.05) is 12.5 Å². The van der Waals surface area contributed by atoms with Crippen LogP contribution in [-0.4, -0.2) is 12.4 Å². The molecule has 0 aromatic heterocycles. The van der Waals surface area contributed by atoms with Crippen LogP contribution in [0, 0.1) is 0 Å². The number of rotatable bonds is 5. The van der Waals surface area contributed by atoms with Crippen LogP contribution >= 0.6 is 0 Å². The highest BCUT2D eigenvalue weighted by Crippen LogP contribution is 2.00. The quantitative estimate of drug-likeness (QED) is 0.644. The molecule has 0 radical (unpaired) electrons. The number of nitrogens with one attached hydrogen (secondary N) is 1. The first-order valence-electron chi connectivity index (χ1n) is 3.89. The molecule has 0 amide bonds. The Morgan fingerprint density at radius 3 is 3.23 bits per heavy atom. The van der Waals surface area contributed by atoms with Gasteiger partial charge in [-0.1, -0.05) is 6.58 Å². The fourth-order valence-electron chi connectivity index (χ4n) is 0.733. The second-order valence-electron chi connectivity index (χ2n) is 2.35. The number of hydrogen-bond acceptors (Lipinski definition) is 4. The van der Waals surface area contributed by atoms with E-state index in [0.717, 1.165) is 0 Å². The van der Waals surface area contributed by atoms with Crippen molar-refractivity contribution in [3.63, 3.8) is 0 Å². The lowest BCUT2D eigenvalue weighted by molar-refractivity contribution is -0.115. The van der Waals surface area contributed by atoms with Crippen molar-refractivity contribution in [2.45, 2.75) is 6.42 Å². The van der Waals surface area contributed by atoms with Gasteiger partial charge in [0.05, 0.1) is 6.61 Å². The molecule has 70 valence electrons. The second kappa shape index (κ2) is 5.03. The minimum atomic E-state index is -0.0344. The van der Waals surface area contributed by atoms with Gasteiger partial charge in [-0.25, -0.2) is 0 Å². The van der Waals surface area contributed by atoms with E-state index in [1.54, 1.807) is 12.2 Å². The number of carbonyl (C=O) groups is 1. The van der Waals surface area contributed by atoms with E-state index in [2.05, 4.69) is 12.1 Å². The minimum absolute atomic E-state index is 0.0344. The van der Waals surface area contributed by atoms with Crippen LogP contribution in [0.15, 0.2) is 37.0 Å². The summed E-state index contributed by atoms with van der Waals surface area (Å²) in [6, 6.07) is 0. The molecule has 0 bridgehead atoms. The fraction of sp³-hybridized carbons (Fsp3) is 0.222. The number of allylic oxidation sites excluding steroid dienone is 3. The van der Waals surface area contributed by atoms with Crippen molar-refractivity contribution in [3.05, 3.63) is 37.0 Å². The summed E-state index contributed by atoms with van der Waals surface area (Å²) in [5.41, 5.74) is 2.53. The zero-order valence-corrected chi connectivity index (χ0v) is 7.16. The number of ketones is 1. The molecule has 0 unspecified atom stereocenters. The lowest BCUT2D eigenvalue weighted by atomic mass is 10.3. The first-order chi connectivity index (χ1) is 6.33. The molecule has 0 saturated carbocycles. The molecule has 1 rings (SSSR count). The Labute approximate surface area is 76.5 Å². The van der Waals surface area contributed by atoms with Crippen molar-refractivity contribution >= 4 is 5.78 Å². The van der Waals surface area contributed by atoms with E-state index in [4.69, 9.17) is 9.57 Å². The SMILES string of the molecule is C=CC(=O)CCOC1=CC=CON1. The van der Waals surface area contributed by atoms with Gasteiger partial charge in [-0.3, -0.25) is 4.79 Å². The summed E-state index contributed by atoms with van der Waals surface area (Å²) in [7, 11) is 0. The first-order valence-corrected chi connectivity index (χ1v) is 3.89. The monoisotopic (exact) mass is 181 g/mol. The van der Waals surface area contributed by atoms with Gasteiger partial charge in [0.15, 0.2) is 5.78 Å². The smallest absolute Gasteiger partial charge is 0.220 e. The maximum Gasteiger partial charge on any atom is 0.220 e. The Kier molecular flexibility index (Phi) is 3.63. The van der Waals surface area contributed by atoms with Gasteiger partial charge in [-0.2, -0.15) is 5.48 Å². The molecule has 1 aliphatic rings. The maximum atomic E-state index is 10.8. The van der Waals surface area contributed by atoms with Crippen molar-refractivity contribution in [2.75, 3.05) is 6.61 Å². The van der Waals surface area contributed by atoms with Crippen LogP contribution < -0.4 is 5.48 Å². The highest BCUT2D eigenvalue weighted by atomic mass is 16.7. The van der Waals surface area contributed by atoms with Crippen LogP contribution in [0.25, 0.3) is 0 Å². The third kappa shape index (κ3) is 3.46. The van der Waals surface area contributed by atoms with Crippen LogP contribution in [0.2, 0.25) is 0 Å². The highest BCUT2D eigenvalue weighted by Gasteiger charge is 2.01. The summed E-state index contributed by atoms with van der Waals surface area (Å²) in [5, 5.41) is 0. The van der Waals surface area contributed by atoms with Gasteiger partial charge in [0.1, 0.15) is 6.26 Å². The third-order valence-corrected chi connectivity index (χ3v) is 1.39. The Morgan fingerprint density at radius 1 is 1.77 bits per heavy atom. The maximum absolute atomic E-state index is 10.8. The van der Waals surface area contributed by atoms with E-state index in [1.165, 1.54) is 12.3 Å². The molecule has 0 spiro atoms. The second-order valence-corrected chi connectivity index (χ2v) is 2.35. The number of hydroxylamine groups is 1. The normalized spacial score (nSPS) is 13.7. The van der Waals surface area contributed by atoms with Gasteiger partial charge in [-0.05, 0) is 12.2 Å². The summed E-state index contributed by atoms with van der Waals surface area (Å²) in [6.45, 7) is 3.68. The van der Waals surface area contributed by atoms with Crippen molar-refractivity contribution in [1.82, 2.24) is 5.48 Å². The van der Waals surface area contributed by atoms with Gasteiger partial charge >= 0.3 is 0 Å². The molecule has 0 aliphatic carbocycles. The van der Waals surface area contributed by atoms with Gasteiger partial charge in [-0.15, -0.1) is 0 Å². The summed E-state index contributed by atoms with van der Waals surface area (Å²) >= 11 is 0. The van der Waals surface area contributed by atoms with Crippen LogP contribution in [0.4, 0.5) is 0 Å². The molecule has 4 heteroatoms. The van der Waals surface area contributed by atoms with E-state index in [9.17, 15) is 4.79 Å². The molecule has 0 fully saturated rings. The molecule has 1 aliphatic heterocycles. The number of hydrogen-bond donors (Lipinski definition) is 1. The predicted octanol–water partition coefficient (Wildman–Crippen LogP) is 1.04. The fourth-order valence-corrected chi connectivity index (χ4v) is 0.733. The molecule has 0 aromatic carbocycles. The zero-order valence-electron chi connectivity index (χ0n) is 7.16. The van der Waals surface area contributed by atoms with E-state index in [-0.39, 0.29) is 5.78 Å². The zero-order chi connectivity index (χ0) is 9.52. The lowest BCUT2D eigenvalue weighted by Crippen LogP contribution is -2.16. The van der Waals surface area contributed by atoms with E-state index in [0.29, 0.717) is 18.9 Å². The van der Waals surface area contributed by atoms with Crippen molar-refractivity contribution in [1.29, 1.82) is 0 Å². The number of carbonyl (C=O) groups excluding carboxylic acids is 1. The van der Waals surface area contributed by atoms with Crippen LogP contribution in [0.3, 0.4) is 0 Å². The van der Waals surface area contributed by atoms with E-state index < -0.39 is 0 Å². The largest absolute Gasteiger partial charge is 0.477 e. The molecule has 0 aromatic rings. The number of ether oxygens (including phenoxy) is 1. The molecule has 13 heavy (non-hydrogen) atoms. The molecule has 4 nitrogen and oxygen atoms in total. The topological polar surface area (TPSA) is 47.6 Å². The average molecular weight is 181 g/mol. The Morgan fingerprint density at radius 2 is 2.62 bits per heavy atom. The molecular formula is C9H11NO3. The minimum Gasteiger partial charge on any atom is -0.477 e. The Hall–Kier alpha value is -1.71. The molecule has 0 saturated heterocycles. The van der Waals surface area contributed by atoms with Crippen LogP contribution in [0.5, 0.6) is 0 Å². The molecule has 1 heterocycles. The Bertz CT molecular complexity index is 256. The summed E-state index contributed by atoms with van der Waals surface area (Å²) in [4.78, 5) is 15.5. The van der Waals surface area contributed by atoms with Crippen LogP contribution in [0.1, 0.15) is 6.42 Å². The van der Waals surface area contributed by atoms with Crippen molar-refractivity contribution in [2.24, 2.45) is 0 Å². The molecule has 0 atom stereocenters. The van der Waals surface area contributed by atoms with Gasteiger partial charge in [0.25, 0.3) is 0 Å². The summed E-state index contributed by atoms with van der Waals surface area (Å²) in [5.74, 6) is 0.465. The summed E-state index contributed by atoms with van der Waals surface area (Å²) in [6.07, 6.45) is 6.50. The van der Waals surface area contributed by atoms with Gasteiger partial charge < -0.3 is 9.57 Å². The summed E-state index contributed by atoms with van der Waals surface area (Å²) < 4.78 is 5.16. The van der Waals surface area contributed by atoms with Crippen molar-refractivity contribution < 1.29 is 14.4 Å². The molecule has 1 N–H and O–H groups in total. The van der Waals surface area contributed by atoms with Crippen molar-refractivity contribution in [3.8, 4) is 0 Å².